The lowest BCUT2D eigenvalue weighted by Crippen LogP contribution is -2.10. The van der Waals surface area contributed by atoms with Crippen LogP contribution < -0.4 is 29.3 Å². The summed E-state index contributed by atoms with van der Waals surface area (Å²) >= 11 is 0. The predicted molar refractivity (Wildman–Crippen MR) is 207 cm³/mol. The van der Waals surface area contributed by atoms with Gasteiger partial charge in [-0.05, 0) is 111 Å². The van der Waals surface area contributed by atoms with E-state index in [1.807, 2.05) is 0 Å². The smallest absolute Gasteiger partial charge is 0.347 e. The molecule has 0 amide bonds. The van der Waals surface area contributed by atoms with E-state index in [9.17, 15) is 24.0 Å². The van der Waals surface area contributed by atoms with E-state index in [-0.39, 0.29) is 58.4 Å². The molecular weight excluding hydrogens is 738 g/mol. The first-order chi connectivity index (χ1) is 27.7. The highest BCUT2D eigenvalue weighted by Gasteiger charge is 2.17. The number of nitrogens with zero attached hydrogens (tertiary/aromatic N) is 1. The Morgan fingerprint density at radius 2 is 1.16 bits per heavy atom. The van der Waals surface area contributed by atoms with Crippen LogP contribution in [0.4, 0.5) is 0 Å². The first-order valence-corrected chi connectivity index (χ1v) is 17.8. The number of fused-ring (bicyclic) bond motifs is 1. The van der Waals surface area contributed by atoms with Gasteiger partial charge in [0.05, 0.1) is 55.6 Å². The summed E-state index contributed by atoms with van der Waals surface area (Å²) in [6.45, 7) is 8.04. The Kier molecular flexibility index (Phi) is 14.7. The Morgan fingerprint density at radius 3 is 1.70 bits per heavy atom. The summed E-state index contributed by atoms with van der Waals surface area (Å²) in [5, 5.41) is 0.0903. The van der Waals surface area contributed by atoms with Crippen molar-refractivity contribution < 1.29 is 56.8 Å². The van der Waals surface area contributed by atoms with Gasteiger partial charge in [0.1, 0.15) is 17.2 Å². The molecule has 14 heteroatoms. The van der Waals surface area contributed by atoms with E-state index in [1.165, 1.54) is 37.4 Å². The first-order valence-electron chi connectivity index (χ1n) is 17.8. The van der Waals surface area contributed by atoms with Crippen molar-refractivity contribution in [3.05, 3.63) is 132 Å². The number of benzene rings is 4. The van der Waals surface area contributed by atoms with Crippen LogP contribution in [0.1, 0.15) is 46.4 Å². The third-order valence-electron chi connectivity index (χ3n) is 8.04. The summed E-state index contributed by atoms with van der Waals surface area (Å²) in [6, 6.07) is 21.8. The fourth-order valence-electron chi connectivity index (χ4n) is 5.07. The molecule has 0 radical (unpaired) electrons. The number of hydrogen-bond donors (Lipinski definition) is 0. The molecule has 0 unspecified atom stereocenters. The van der Waals surface area contributed by atoms with Crippen molar-refractivity contribution in [2.45, 2.75) is 25.7 Å². The number of methoxy groups -OCH3 is 1. The third kappa shape index (κ3) is 11.9. The highest BCUT2D eigenvalue weighted by atomic mass is 16.6. The van der Waals surface area contributed by atoms with Crippen molar-refractivity contribution in [2.75, 3.05) is 33.5 Å². The van der Waals surface area contributed by atoms with Gasteiger partial charge in [0.25, 0.3) is 0 Å². The Hall–Kier alpha value is -7.22. The predicted octanol–water partition coefficient (Wildman–Crippen LogP) is 7.08. The highest BCUT2D eigenvalue weighted by molar-refractivity contribution is 5.92. The minimum absolute atomic E-state index is 0.0137. The van der Waals surface area contributed by atoms with Crippen LogP contribution in [0.15, 0.2) is 119 Å². The van der Waals surface area contributed by atoms with Crippen LogP contribution in [0.5, 0.6) is 28.7 Å². The molecule has 0 N–H and O–H groups in total. The molecule has 0 bridgehead atoms. The van der Waals surface area contributed by atoms with Crippen LogP contribution in [0, 0.1) is 0 Å². The summed E-state index contributed by atoms with van der Waals surface area (Å²) in [6.07, 6.45) is 4.81. The van der Waals surface area contributed by atoms with Gasteiger partial charge in [0, 0.05) is 17.7 Å². The molecular formula is C43H39NO13. The van der Waals surface area contributed by atoms with Gasteiger partial charge in [0.2, 0.25) is 5.89 Å². The van der Waals surface area contributed by atoms with Crippen LogP contribution >= 0.6 is 0 Å². The molecule has 4 aromatic carbocycles. The molecule has 57 heavy (non-hydrogen) atoms. The van der Waals surface area contributed by atoms with Crippen molar-refractivity contribution in [3.8, 4) is 40.2 Å². The summed E-state index contributed by atoms with van der Waals surface area (Å²) in [4.78, 5) is 65.5. The Labute approximate surface area is 327 Å². The normalized spacial score (nSPS) is 10.5. The standard InChI is InChI=1S/C43H39NO13/c1-4-38(45)53-24-8-6-22-51-31-15-10-28(11-16-31)41(47)55-33-19-20-35-34(27-33)43(49)57-40(44-35)30-14-21-36(37(26-30)50-3)56-42(48)29-12-17-32(18-13-29)52-23-7-9-25-54-39(46)5-2/h4-5,10-21,26-27H,1-2,6-9,22-25H2,3H3. The lowest BCUT2D eigenvalue weighted by Gasteiger charge is -2.11. The van der Waals surface area contributed by atoms with Gasteiger partial charge < -0.3 is 37.6 Å². The zero-order chi connectivity index (χ0) is 40.6. The second kappa shape index (κ2) is 20.5. The van der Waals surface area contributed by atoms with Crippen molar-refractivity contribution in [2.24, 2.45) is 0 Å². The van der Waals surface area contributed by atoms with Crippen LogP contribution in [0.25, 0.3) is 22.4 Å². The summed E-state index contributed by atoms with van der Waals surface area (Å²) in [5.74, 6) is -0.691. The van der Waals surface area contributed by atoms with Gasteiger partial charge in [0.15, 0.2) is 11.5 Å². The molecule has 0 aliphatic carbocycles. The average Bonchev–Trinajstić information content (AvgIpc) is 3.23. The van der Waals surface area contributed by atoms with Crippen LogP contribution in [0.3, 0.4) is 0 Å². The van der Waals surface area contributed by atoms with E-state index in [2.05, 4.69) is 18.1 Å². The van der Waals surface area contributed by atoms with Gasteiger partial charge in [-0.15, -0.1) is 0 Å². The molecule has 14 nitrogen and oxygen atoms in total. The minimum Gasteiger partial charge on any atom is -0.494 e. The van der Waals surface area contributed by atoms with E-state index in [0.29, 0.717) is 56.0 Å². The molecule has 0 spiro atoms. The number of carbonyl (C=O) groups is 4. The average molecular weight is 778 g/mol. The molecule has 1 heterocycles. The van der Waals surface area contributed by atoms with Crippen LogP contribution in [0.2, 0.25) is 0 Å². The Bertz CT molecular complexity index is 2280. The molecule has 0 aliphatic heterocycles. The molecule has 294 valence electrons. The maximum atomic E-state index is 13.1. The second-order valence-corrected chi connectivity index (χ2v) is 12.0. The Balaban J connectivity index is 1.15. The molecule has 5 aromatic rings. The van der Waals surface area contributed by atoms with Gasteiger partial charge >= 0.3 is 29.5 Å². The van der Waals surface area contributed by atoms with E-state index in [1.54, 1.807) is 54.6 Å². The van der Waals surface area contributed by atoms with Gasteiger partial charge in [-0.25, -0.2) is 29.0 Å². The van der Waals surface area contributed by atoms with Crippen LogP contribution in [-0.2, 0) is 19.1 Å². The molecule has 0 atom stereocenters. The molecule has 0 saturated heterocycles. The van der Waals surface area contributed by atoms with Crippen molar-refractivity contribution in [3.63, 3.8) is 0 Å². The number of carbonyl (C=O) groups excluding carboxylic acids is 4. The first kappa shape index (κ1) is 41.0. The maximum absolute atomic E-state index is 13.1. The molecule has 0 aliphatic rings. The minimum atomic E-state index is -0.718. The topological polar surface area (TPSA) is 176 Å². The number of rotatable bonds is 20. The van der Waals surface area contributed by atoms with E-state index >= 15 is 0 Å². The van der Waals surface area contributed by atoms with Crippen LogP contribution in [-0.4, -0.2) is 62.4 Å². The summed E-state index contributed by atoms with van der Waals surface area (Å²) in [5.41, 5.74) is 0.486. The molecule has 5 rings (SSSR count). The van der Waals surface area contributed by atoms with Crippen molar-refractivity contribution >= 4 is 34.8 Å². The van der Waals surface area contributed by atoms with Gasteiger partial charge in [-0.2, -0.15) is 0 Å². The van der Waals surface area contributed by atoms with E-state index < -0.39 is 29.5 Å². The molecule has 0 saturated carbocycles. The number of esters is 4. The maximum Gasteiger partial charge on any atom is 0.347 e. The molecule has 0 fully saturated rings. The monoisotopic (exact) mass is 777 g/mol. The number of hydrogen-bond acceptors (Lipinski definition) is 14. The SMILES string of the molecule is C=CC(=O)OCCCCOc1ccc(C(=O)Oc2ccc3nc(-c4ccc(OC(=O)c5ccc(OCCCCOC(=O)C=C)cc5)c(OC)c4)oc(=O)c3c2)cc1. The summed E-state index contributed by atoms with van der Waals surface area (Å²) < 4.78 is 43.3. The number of aromatic nitrogens is 1. The number of ether oxygens (including phenoxy) is 7. The third-order valence-corrected chi connectivity index (χ3v) is 8.04. The molecule has 1 aromatic heterocycles. The second-order valence-electron chi connectivity index (χ2n) is 12.0. The fourth-order valence-corrected chi connectivity index (χ4v) is 5.07. The van der Waals surface area contributed by atoms with Gasteiger partial charge in [-0.1, -0.05) is 13.2 Å². The lowest BCUT2D eigenvalue weighted by atomic mass is 10.1. The van der Waals surface area contributed by atoms with E-state index in [0.717, 1.165) is 12.2 Å². The lowest BCUT2D eigenvalue weighted by molar-refractivity contribution is -0.138. The Morgan fingerprint density at radius 1 is 0.632 bits per heavy atom. The zero-order valence-corrected chi connectivity index (χ0v) is 31.1. The van der Waals surface area contributed by atoms with Gasteiger partial charge in [-0.3, -0.25) is 0 Å². The number of unbranched alkanes of at least 4 members (excludes halogenated alkanes) is 2. The van der Waals surface area contributed by atoms with E-state index in [4.69, 9.17) is 37.6 Å². The van der Waals surface area contributed by atoms with Crippen molar-refractivity contribution in [1.82, 2.24) is 4.98 Å². The largest absolute Gasteiger partial charge is 0.494 e. The highest BCUT2D eigenvalue weighted by Crippen LogP contribution is 2.33. The van der Waals surface area contributed by atoms with Crippen molar-refractivity contribution in [1.29, 1.82) is 0 Å². The summed E-state index contributed by atoms with van der Waals surface area (Å²) in [7, 11) is 1.40. The zero-order valence-electron chi connectivity index (χ0n) is 31.1. The quantitative estimate of drug-likeness (QED) is 0.0339. The fraction of sp³-hybridized carbons (Fsp3) is 0.209.